The van der Waals surface area contributed by atoms with E-state index in [0.717, 1.165) is 0 Å². The molecule has 3 saturated heterocycles. The molecule has 10 N–H and O–H groups in total. The van der Waals surface area contributed by atoms with Gasteiger partial charge in [0.2, 0.25) is 0 Å². The van der Waals surface area contributed by atoms with Crippen molar-refractivity contribution in [2.75, 3.05) is 37.0 Å². The maximum absolute atomic E-state index is 13.8. The lowest BCUT2D eigenvalue weighted by Crippen LogP contribution is -2.33. The highest BCUT2D eigenvalue weighted by molar-refractivity contribution is 8.44. The van der Waals surface area contributed by atoms with E-state index in [4.69, 9.17) is 61.3 Å². The van der Waals surface area contributed by atoms with E-state index in [1.165, 1.54) is 51.7 Å². The number of fused-ring (bicyclic) bond motifs is 3. The summed E-state index contributed by atoms with van der Waals surface area (Å²) in [4.78, 5) is 48.6. The van der Waals surface area contributed by atoms with Gasteiger partial charge in [-0.3, -0.25) is 22.7 Å². The monoisotopic (exact) mass is 925 g/mol. The van der Waals surface area contributed by atoms with Gasteiger partial charge in [0, 0.05) is 12.8 Å². The van der Waals surface area contributed by atoms with Crippen LogP contribution in [0.15, 0.2) is 38.0 Å². The van der Waals surface area contributed by atoms with Gasteiger partial charge < -0.3 is 60.7 Å². The number of rotatable bonds is 14. The Hall–Kier alpha value is -4.16. The van der Waals surface area contributed by atoms with Gasteiger partial charge in [0.1, 0.15) is 66.1 Å². The van der Waals surface area contributed by atoms with Crippen molar-refractivity contribution in [2.24, 2.45) is 0 Å². The van der Waals surface area contributed by atoms with Crippen LogP contribution in [0.4, 0.5) is 17.5 Å². The van der Waals surface area contributed by atoms with Crippen LogP contribution in [0.5, 0.6) is 0 Å². The molecule has 0 saturated carbocycles. The highest BCUT2D eigenvalue weighted by atomic mass is 32.7. The second kappa shape index (κ2) is 16.5. The molecule has 0 aromatic carbocycles. The molecule has 326 valence electrons. The summed E-state index contributed by atoms with van der Waals surface area (Å²) in [5, 5.41) is 31.7. The van der Waals surface area contributed by atoms with Crippen molar-refractivity contribution in [2.45, 2.75) is 74.3 Å². The molecule has 6 aromatic rings. The number of aliphatic hydroxyl groups is 3. The fourth-order valence-corrected chi connectivity index (χ4v) is 10.3. The number of hydrogen-bond acceptors (Lipinski definition) is 24. The average Bonchev–Trinajstić information content (AvgIpc) is 4.08. The van der Waals surface area contributed by atoms with Crippen LogP contribution in [0.1, 0.15) is 31.5 Å². The van der Waals surface area contributed by atoms with Crippen LogP contribution in [0.2, 0.25) is 0 Å². The molecule has 0 amide bonds. The van der Waals surface area contributed by atoms with Gasteiger partial charge in [0.25, 0.3) is 0 Å². The number of imidazole rings is 3. The average molecular weight is 926 g/mol. The zero-order valence-corrected chi connectivity index (χ0v) is 34.7. The van der Waals surface area contributed by atoms with Crippen molar-refractivity contribution in [1.82, 2.24) is 58.6 Å². The molecule has 6 aromatic heterocycles. The van der Waals surface area contributed by atoms with Crippen molar-refractivity contribution in [3.63, 3.8) is 0 Å². The van der Waals surface area contributed by atoms with Crippen LogP contribution in [-0.2, 0) is 48.7 Å². The Kier molecular flexibility index (Phi) is 11.4. The molecule has 3 aliphatic rings. The largest absolute Gasteiger partial charge is 0.394 e. The SMILES string of the molecule is Nc1ncnc2c1ncn2C1OC(CO)CC1OP(=O)(S)OCC1CC(OP(O)(=S)OCC2OC(n3cnc4c(N)ncnc43)C(O)C2O)C(n2cnc3c(N)ncnc32)O1. The predicted molar refractivity (Wildman–Crippen MR) is 214 cm³/mol. The van der Waals surface area contributed by atoms with Crippen LogP contribution in [0.3, 0.4) is 0 Å². The van der Waals surface area contributed by atoms with Crippen molar-refractivity contribution >= 4 is 88.5 Å². The predicted octanol–water partition coefficient (Wildman–Crippen LogP) is -0.502. The number of hydrogen-bond donors (Lipinski definition) is 8. The minimum absolute atomic E-state index is 0.0209. The number of aliphatic hydroxyl groups excluding tert-OH is 3. The minimum atomic E-state index is -4.20. The smallest absolute Gasteiger partial charge is 0.386 e. The molecule has 0 radical (unpaired) electrons. The lowest BCUT2D eigenvalue weighted by atomic mass is 10.1. The van der Waals surface area contributed by atoms with Crippen LogP contribution in [0.25, 0.3) is 33.5 Å². The van der Waals surface area contributed by atoms with Gasteiger partial charge in [-0.25, -0.2) is 49.4 Å². The summed E-state index contributed by atoms with van der Waals surface area (Å²) in [6.07, 6.45) is -3.02. The van der Waals surface area contributed by atoms with Crippen LogP contribution >= 0.6 is 25.8 Å². The van der Waals surface area contributed by atoms with Gasteiger partial charge in [-0.2, -0.15) is 0 Å². The van der Waals surface area contributed by atoms with Crippen molar-refractivity contribution in [1.29, 1.82) is 0 Å². The van der Waals surface area contributed by atoms with Crippen molar-refractivity contribution < 1.29 is 57.1 Å². The summed E-state index contributed by atoms with van der Waals surface area (Å²) in [6.45, 7) is -9.62. The number of nitrogen functional groups attached to an aromatic ring is 3. The van der Waals surface area contributed by atoms with E-state index < -0.39 is 81.5 Å². The van der Waals surface area contributed by atoms with Gasteiger partial charge in [-0.1, -0.05) is 12.2 Å². The standard InChI is InChI=1S/C30H37N15O12P2S2/c31-22-17-25(37-6-34-22)43(9-40-17)28-14(1-12(3-46)53-28)56-58(49,60)51-4-13-2-15(29(54-13)44-10-41-18-23(32)35-7-38-26(18)44)57-59(50,61)52-5-16-20(47)21(48)30(55-16)45-11-42-19-24(33)36-8-39-27(19)45/h6-16,20-21,28-30,46-48H,1-5H2,(H,49,60)(H,50,61)(H2,31,34,37)(H2,32,35,38)(H2,33,36,39). The molecule has 0 aliphatic carbocycles. The number of thiol groups is 1. The van der Waals surface area contributed by atoms with E-state index in [1.54, 1.807) is 0 Å². The second-order valence-corrected chi connectivity index (χ2v) is 19.7. The van der Waals surface area contributed by atoms with Gasteiger partial charge in [-0.15, -0.1) is 0 Å². The lowest BCUT2D eigenvalue weighted by molar-refractivity contribution is -0.0578. The van der Waals surface area contributed by atoms with E-state index in [0.29, 0.717) is 11.2 Å². The minimum Gasteiger partial charge on any atom is -0.394 e. The van der Waals surface area contributed by atoms with Crippen LogP contribution in [-0.4, -0.2) is 141 Å². The van der Waals surface area contributed by atoms with Gasteiger partial charge in [0.05, 0.1) is 51.0 Å². The van der Waals surface area contributed by atoms with Crippen LogP contribution < -0.4 is 17.2 Å². The molecule has 12 unspecified atom stereocenters. The lowest BCUT2D eigenvalue weighted by Gasteiger charge is -2.25. The molecule has 27 nitrogen and oxygen atoms in total. The Morgan fingerprint density at radius 3 is 1.69 bits per heavy atom. The van der Waals surface area contributed by atoms with Crippen LogP contribution in [0, 0.1) is 0 Å². The molecular formula is C30H37N15O12P2S2. The normalized spacial score (nSPS) is 30.1. The molecule has 0 bridgehead atoms. The van der Waals surface area contributed by atoms with E-state index in [-0.39, 0.29) is 65.8 Å². The highest BCUT2D eigenvalue weighted by Gasteiger charge is 2.47. The maximum Gasteiger partial charge on any atom is 0.386 e. The molecule has 0 spiro atoms. The zero-order valence-electron chi connectivity index (χ0n) is 31.2. The molecule has 9 heterocycles. The van der Waals surface area contributed by atoms with Crippen molar-refractivity contribution in [3.05, 3.63) is 38.0 Å². The van der Waals surface area contributed by atoms with Gasteiger partial charge in [-0.05, 0) is 11.8 Å². The Morgan fingerprint density at radius 2 is 1.16 bits per heavy atom. The molecule has 3 aliphatic heterocycles. The second-order valence-electron chi connectivity index (χ2n) is 14.1. The fourth-order valence-electron chi connectivity index (χ4n) is 7.35. The molecule has 31 heteroatoms. The Morgan fingerprint density at radius 1 is 0.689 bits per heavy atom. The number of nitrogens with two attached hydrogens (primary N) is 3. The molecule has 3 fully saturated rings. The molecule has 61 heavy (non-hydrogen) atoms. The van der Waals surface area contributed by atoms with Gasteiger partial charge >= 0.3 is 13.5 Å². The third-order valence-electron chi connectivity index (χ3n) is 10.2. The Balaban J connectivity index is 0.886. The summed E-state index contributed by atoms with van der Waals surface area (Å²) >= 11 is 9.64. The Bertz CT molecular complexity index is 2680. The number of nitrogens with zero attached hydrogens (tertiary/aromatic N) is 12. The molecule has 9 rings (SSSR count). The summed E-state index contributed by atoms with van der Waals surface area (Å²) in [7, 11) is 0. The Labute approximate surface area is 352 Å². The first-order valence-electron chi connectivity index (χ1n) is 18.2. The first kappa shape index (κ1) is 42.2. The summed E-state index contributed by atoms with van der Waals surface area (Å²) in [5.41, 5.74) is 19.5. The maximum atomic E-state index is 13.8. The number of anilines is 3. The molecule has 12 atom stereocenters. The quantitative estimate of drug-likeness (QED) is 0.0504. The highest BCUT2D eigenvalue weighted by Crippen LogP contribution is 2.57. The van der Waals surface area contributed by atoms with E-state index >= 15 is 0 Å². The number of ether oxygens (including phenoxy) is 3. The summed E-state index contributed by atoms with van der Waals surface area (Å²) < 4.78 is 59.7. The number of aromatic nitrogens is 12. The van der Waals surface area contributed by atoms with Gasteiger partial charge in [0.15, 0.2) is 53.1 Å². The summed E-state index contributed by atoms with van der Waals surface area (Å²) in [5.74, 6) is 0.340. The zero-order chi connectivity index (χ0) is 42.8. The first-order valence-corrected chi connectivity index (χ1v) is 23.5. The third-order valence-corrected chi connectivity index (χ3v) is 13.4. The first-order chi connectivity index (χ1) is 29.2. The van der Waals surface area contributed by atoms with E-state index in [1.807, 2.05) is 0 Å². The molecular weight excluding hydrogens is 889 g/mol. The van der Waals surface area contributed by atoms with E-state index in [2.05, 4.69) is 57.1 Å². The van der Waals surface area contributed by atoms with E-state index in [9.17, 15) is 24.8 Å². The third kappa shape index (κ3) is 8.16. The topological polar surface area (TPSA) is 371 Å². The summed E-state index contributed by atoms with van der Waals surface area (Å²) in [6, 6.07) is 0. The fraction of sp³-hybridized carbons (Fsp3) is 0.500. The van der Waals surface area contributed by atoms with Crippen molar-refractivity contribution in [3.8, 4) is 0 Å².